The van der Waals surface area contributed by atoms with Crippen molar-refractivity contribution in [3.63, 3.8) is 0 Å². The number of fused-ring (bicyclic) bond motifs is 1. The van der Waals surface area contributed by atoms with Gasteiger partial charge in [0.05, 0.1) is 0 Å². The van der Waals surface area contributed by atoms with Gasteiger partial charge in [-0.2, -0.15) is 0 Å². The van der Waals surface area contributed by atoms with Crippen molar-refractivity contribution in [2.45, 2.75) is 63.5 Å². The fourth-order valence-electron chi connectivity index (χ4n) is 5.22. The van der Waals surface area contributed by atoms with E-state index < -0.39 is 0 Å². The number of benzene rings is 2. The molecule has 2 saturated heterocycles. The van der Waals surface area contributed by atoms with Crippen molar-refractivity contribution in [3.05, 3.63) is 53.6 Å². The van der Waals surface area contributed by atoms with Crippen LogP contribution in [0.4, 0.5) is 17.1 Å². The molecule has 0 saturated carbocycles. The molecule has 0 bridgehead atoms. The maximum absolute atomic E-state index is 12.0. The topological polar surface area (TPSA) is 73.5 Å². The van der Waals surface area contributed by atoms with Gasteiger partial charge in [0, 0.05) is 42.6 Å². The number of nitrogens with zero attached hydrogens (tertiary/aromatic N) is 1. The second-order valence-electron chi connectivity index (χ2n) is 9.25. The van der Waals surface area contributed by atoms with E-state index in [2.05, 4.69) is 51.2 Å². The molecule has 6 nitrogen and oxygen atoms in total. The Morgan fingerprint density at radius 1 is 0.844 bits per heavy atom. The van der Waals surface area contributed by atoms with Gasteiger partial charge in [0.2, 0.25) is 11.8 Å². The third-order valence-electron chi connectivity index (χ3n) is 7.06. The van der Waals surface area contributed by atoms with Gasteiger partial charge in [-0.1, -0.05) is 12.1 Å². The van der Waals surface area contributed by atoms with Crippen LogP contribution in [0.5, 0.6) is 0 Å². The third kappa shape index (κ3) is 4.59. The Kier molecular flexibility index (Phi) is 6.02. The fourth-order valence-corrected chi connectivity index (χ4v) is 5.22. The lowest BCUT2D eigenvalue weighted by atomic mass is 9.90. The molecule has 6 heteroatoms. The van der Waals surface area contributed by atoms with Crippen molar-refractivity contribution in [2.24, 2.45) is 0 Å². The second-order valence-corrected chi connectivity index (χ2v) is 9.25. The number of imide groups is 1. The fraction of sp³-hybridized carbons (Fsp3) is 0.462. The van der Waals surface area contributed by atoms with E-state index in [4.69, 9.17) is 0 Å². The normalized spacial score (nSPS) is 21.6. The summed E-state index contributed by atoms with van der Waals surface area (Å²) in [6.45, 7) is 2.07. The van der Waals surface area contributed by atoms with Gasteiger partial charge in [-0.15, -0.1) is 0 Å². The minimum Gasteiger partial charge on any atom is -0.382 e. The molecule has 32 heavy (non-hydrogen) atoms. The molecule has 0 aromatic heterocycles. The smallest absolute Gasteiger partial charge is 0.249 e. The van der Waals surface area contributed by atoms with Crippen molar-refractivity contribution in [1.82, 2.24) is 5.32 Å². The number of aryl methyl sites for hydroxylation is 1. The first-order chi connectivity index (χ1) is 15.7. The number of carbonyl (C=O) groups excluding carboxylic acids is 2. The number of anilines is 3. The maximum atomic E-state index is 12.0. The Labute approximate surface area is 189 Å². The van der Waals surface area contributed by atoms with Gasteiger partial charge >= 0.3 is 0 Å². The van der Waals surface area contributed by atoms with E-state index in [1.54, 1.807) is 5.56 Å². The zero-order valence-electron chi connectivity index (χ0n) is 18.5. The lowest BCUT2D eigenvalue weighted by Gasteiger charge is -2.35. The van der Waals surface area contributed by atoms with Crippen LogP contribution in [0.1, 0.15) is 49.7 Å². The van der Waals surface area contributed by atoms with E-state index in [-0.39, 0.29) is 17.9 Å². The summed E-state index contributed by atoms with van der Waals surface area (Å²) in [5.74, 6) is -0.423. The quantitative estimate of drug-likeness (QED) is 0.626. The molecule has 168 valence electrons. The summed E-state index contributed by atoms with van der Waals surface area (Å²) in [5, 5.41) is 9.49. The highest BCUT2D eigenvalue weighted by atomic mass is 16.2. The summed E-state index contributed by atoms with van der Waals surface area (Å²) >= 11 is 0. The summed E-state index contributed by atoms with van der Waals surface area (Å²) in [6, 6.07) is 15.2. The monoisotopic (exact) mass is 432 g/mol. The molecule has 0 radical (unpaired) electrons. The lowest BCUT2D eigenvalue weighted by molar-refractivity contribution is -0.133. The van der Waals surface area contributed by atoms with Crippen LogP contribution in [0.25, 0.3) is 0 Å². The van der Waals surface area contributed by atoms with Crippen LogP contribution < -0.4 is 20.9 Å². The Bertz CT molecular complexity index is 980. The molecule has 5 rings (SSSR count). The third-order valence-corrected chi connectivity index (χ3v) is 7.06. The van der Waals surface area contributed by atoms with Crippen LogP contribution in [0.15, 0.2) is 42.5 Å². The molecular formula is C26H32N4O2. The number of piperidine rings is 2. The summed E-state index contributed by atoms with van der Waals surface area (Å²) in [4.78, 5) is 25.7. The molecule has 1 atom stereocenters. The minimum atomic E-state index is -0.343. The van der Waals surface area contributed by atoms with E-state index in [9.17, 15) is 9.59 Å². The molecule has 3 aliphatic rings. The van der Waals surface area contributed by atoms with Crippen LogP contribution in [0.3, 0.4) is 0 Å². The highest BCUT2D eigenvalue weighted by Gasteiger charge is 2.26. The van der Waals surface area contributed by atoms with E-state index in [0.717, 1.165) is 31.6 Å². The van der Waals surface area contributed by atoms with Gasteiger partial charge in [-0.25, -0.2) is 0 Å². The highest BCUT2D eigenvalue weighted by Crippen LogP contribution is 2.30. The number of hydrogen-bond acceptors (Lipinski definition) is 5. The van der Waals surface area contributed by atoms with Gasteiger partial charge in [0.25, 0.3) is 0 Å². The number of hydrogen-bond donors (Lipinski definition) is 3. The van der Waals surface area contributed by atoms with Crippen molar-refractivity contribution in [2.75, 3.05) is 28.6 Å². The van der Waals surface area contributed by atoms with Crippen LogP contribution in [0.2, 0.25) is 0 Å². The van der Waals surface area contributed by atoms with Crippen molar-refractivity contribution in [3.8, 4) is 0 Å². The maximum Gasteiger partial charge on any atom is 0.249 e. The first-order valence-corrected chi connectivity index (χ1v) is 12.0. The van der Waals surface area contributed by atoms with Crippen LogP contribution in [-0.2, 0) is 22.4 Å². The lowest BCUT2D eigenvalue weighted by Crippen LogP contribution is -2.47. The predicted octanol–water partition coefficient (Wildman–Crippen LogP) is 3.86. The Balaban J connectivity index is 1.15. The Hall–Kier alpha value is -3.02. The molecule has 2 aromatic rings. The number of carbonyl (C=O) groups is 2. The molecule has 2 aliphatic heterocycles. The summed E-state index contributed by atoms with van der Waals surface area (Å²) in [6.07, 6.45) is 8.22. The molecule has 3 N–H and O–H groups in total. The largest absolute Gasteiger partial charge is 0.382 e. The van der Waals surface area contributed by atoms with E-state index >= 15 is 0 Å². The average molecular weight is 433 g/mol. The van der Waals surface area contributed by atoms with E-state index in [0.29, 0.717) is 18.9 Å². The molecule has 2 heterocycles. The minimum absolute atomic E-state index is 0.187. The molecule has 2 amide bonds. The molecule has 0 spiro atoms. The zero-order valence-corrected chi connectivity index (χ0v) is 18.5. The molecule has 2 fully saturated rings. The molecule has 2 aromatic carbocycles. The first kappa shape index (κ1) is 20.9. The SMILES string of the molecule is O=C1CCC(Nc2ccc(N3CCC(Nc4cccc5c4CCCC5)CC3)cc2)C(=O)N1. The molecule has 1 aliphatic carbocycles. The van der Waals surface area contributed by atoms with Crippen LogP contribution in [0, 0.1) is 0 Å². The van der Waals surface area contributed by atoms with Gasteiger partial charge in [-0.3, -0.25) is 14.9 Å². The molecular weight excluding hydrogens is 400 g/mol. The Morgan fingerprint density at radius 2 is 1.62 bits per heavy atom. The van der Waals surface area contributed by atoms with Crippen LogP contribution >= 0.6 is 0 Å². The summed E-state index contributed by atoms with van der Waals surface area (Å²) in [7, 11) is 0. The average Bonchev–Trinajstić information content (AvgIpc) is 2.82. The van der Waals surface area contributed by atoms with Crippen LogP contribution in [-0.4, -0.2) is 37.0 Å². The first-order valence-electron chi connectivity index (χ1n) is 12.0. The second kappa shape index (κ2) is 9.23. The zero-order chi connectivity index (χ0) is 21.9. The standard InChI is InChI=1S/C26H32N4O2/c31-25-13-12-24(26(32)29-25)28-19-8-10-21(11-9-19)30-16-14-20(15-17-30)27-23-7-3-5-18-4-1-2-6-22(18)23/h3,5,7-11,20,24,27-28H,1-2,4,6,12-17H2,(H,29,31,32). The van der Waals surface area contributed by atoms with Crippen molar-refractivity contribution < 1.29 is 9.59 Å². The van der Waals surface area contributed by atoms with E-state index in [1.165, 1.54) is 42.6 Å². The number of amides is 2. The van der Waals surface area contributed by atoms with Gasteiger partial charge in [0.1, 0.15) is 6.04 Å². The Morgan fingerprint density at radius 3 is 2.41 bits per heavy atom. The summed E-state index contributed by atoms with van der Waals surface area (Å²) < 4.78 is 0. The number of nitrogens with one attached hydrogen (secondary N) is 3. The van der Waals surface area contributed by atoms with Gasteiger partial charge < -0.3 is 15.5 Å². The molecule has 1 unspecified atom stereocenters. The summed E-state index contributed by atoms with van der Waals surface area (Å²) in [5.41, 5.74) is 6.55. The highest BCUT2D eigenvalue weighted by molar-refractivity contribution is 6.01. The predicted molar refractivity (Wildman–Crippen MR) is 128 cm³/mol. The van der Waals surface area contributed by atoms with E-state index in [1.807, 2.05) is 12.1 Å². The van der Waals surface area contributed by atoms with Gasteiger partial charge in [-0.05, 0) is 86.4 Å². The van der Waals surface area contributed by atoms with Gasteiger partial charge in [0.15, 0.2) is 0 Å². The van der Waals surface area contributed by atoms with Crippen molar-refractivity contribution >= 4 is 28.9 Å². The van der Waals surface area contributed by atoms with Crippen molar-refractivity contribution in [1.29, 1.82) is 0 Å². The number of rotatable bonds is 5.